The van der Waals surface area contributed by atoms with Crippen LogP contribution in [0.3, 0.4) is 0 Å². The molecule has 4 fully saturated rings. The molecule has 2 saturated heterocycles. The van der Waals surface area contributed by atoms with Crippen LogP contribution in [-0.2, 0) is 4.74 Å². The number of nitrogens with two attached hydrogens (primary N) is 1. The molecule has 0 amide bonds. The van der Waals surface area contributed by atoms with Gasteiger partial charge in [0.15, 0.2) is 0 Å². The van der Waals surface area contributed by atoms with Crippen LogP contribution in [0.2, 0.25) is 0 Å². The van der Waals surface area contributed by atoms with Gasteiger partial charge in [0.05, 0.1) is 5.60 Å². The summed E-state index contributed by atoms with van der Waals surface area (Å²) in [6, 6.07) is 0.435. The maximum atomic E-state index is 6.69. The fraction of sp³-hybridized carbons (Fsp3) is 1.00. The van der Waals surface area contributed by atoms with E-state index in [1.54, 1.807) is 0 Å². The zero-order valence-corrected chi connectivity index (χ0v) is 14.1. The van der Waals surface area contributed by atoms with Gasteiger partial charge in [-0.25, -0.2) is 0 Å². The van der Waals surface area contributed by atoms with Gasteiger partial charge in [-0.1, -0.05) is 6.42 Å². The SMILES string of the molecule is NC(CC1CC2CCC1C2)C1CCOC2(CCSCC2)C1. The molecule has 120 valence electrons. The normalized spacial score (nSPS) is 43.3. The van der Waals surface area contributed by atoms with Gasteiger partial charge in [-0.2, -0.15) is 11.8 Å². The third kappa shape index (κ3) is 3.03. The zero-order chi connectivity index (χ0) is 14.3. The highest BCUT2D eigenvalue weighted by Gasteiger charge is 2.43. The van der Waals surface area contributed by atoms with Crippen molar-refractivity contribution in [3.05, 3.63) is 0 Å². The Morgan fingerprint density at radius 2 is 2.00 bits per heavy atom. The first-order valence-electron chi connectivity index (χ1n) is 9.21. The van der Waals surface area contributed by atoms with E-state index in [2.05, 4.69) is 11.8 Å². The lowest BCUT2D eigenvalue weighted by Crippen LogP contribution is -2.47. The molecule has 2 aliphatic heterocycles. The number of fused-ring (bicyclic) bond motifs is 2. The third-order valence-corrected chi connectivity index (χ3v) is 7.99. The largest absolute Gasteiger partial charge is 0.375 e. The van der Waals surface area contributed by atoms with Gasteiger partial charge in [0, 0.05) is 12.6 Å². The van der Waals surface area contributed by atoms with Gasteiger partial charge in [-0.15, -0.1) is 0 Å². The van der Waals surface area contributed by atoms with E-state index in [9.17, 15) is 0 Å². The van der Waals surface area contributed by atoms with E-state index >= 15 is 0 Å². The van der Waals surface area contributed by atoms with E-state index in [-0.39, 0.29) is 5.60 Å². The maximum Gasteiger partial charge on any atom is 0.0701 e. The van der Waals surface area contributed by atoms with Crippen molar-refractivity contribution < 1.29 is 4.74 Å². The van der Waals surface area contributed by atoms with Crippen molar-refractivity contribution >= 4 is 11.8 Å². The minimum absolute atomic E-state index is 0.209. The summed E-state index contributed by atoms with van der Waals surface area (Å²) in [4.78, 5) is 0. The van der Waals surface area contributed by atoms with E-state index in [1.807, 2.05) is 0 Å². The molecule has 0 aromatic rings. The molecule has 4 aliphatic rings. The van der Waals surface area contributed by atoms with E-state index in [0.717, 1.165) is 30.3 Å². The summed E-state index contributed by atoms with van der Waals surface area (Å²) in [5.41, 5.74) is 6.90. The molecule has 2 bridgehead atoms. The second-order valence-corrected chi connectivity index (χ2v) is 9.46. The zero-order valence-electron chi connectivity index (χ0n) is 13.3. The van der Waals surface area contributed by atoms with Crippen molar-refractivity contribution in [3.63, 3.8) is 0 Å². The Morgan fingerprint density at radius 1 is 1.14 bits per heavy atom. The van der Waals surface area contributed by atoms with Gasteiger partial charge >= 0.3 is 0 Å². The van der Waals surface area contributed by atoms with Gasteiger partial charge in [-0.05, 0) is 86.5 Å². The van der Waals surface area contributed by atoms with Crippen molar-refractivity contribution in [1.29, 1.82) is 0 Å². The molecule has 4 rings (SSSR count). The molecule has 1 spiro atoms. The lowest BCUT2D eigenvalue weighted by atomic mass is 9.75. The molecule has 0 aromatic heterocycles. The van der Waals surface area contributed by atoms with Gasteiger partial charge in [0.25, 0.3) is 0 Å². The predicted molar refractivity (Wildman–Crippen MR) is 89.5 cm³/mol. The molecule has 0 radical (unpaired) electrons. The fourth-order valence-electron chi connectivity index (χ4n) is 5.73. The van der Waals surface area contributed by atoms with Crippen LogP contribution in [0.4, 0.5) is 0 Å². The number of thioether (sulfide) groups is 1. The smallest absolute Gasteiger partial charge is 0.0701 e. The summed E-state index contributed by atoms with van der Waals surface area (Å²) in [5, 5.41) is 0. The van der Waals surface area contributed by atoms with Gasteiger partial charge in [0.1, 0.15) is 0 Å². The molecule has 2 N–H and O–H groups in total. The second kappa shape index (κ2) is 6.05. The average molecular weight is 310 g/mol. The molecular weight excluding hydrogens is 278 g/mol. The summed E-state index contributed by atoms with van der Waals surface area (Å²) in [5.74, 6) is 6.34. The Kier molecular flexibility index (Phi) is 4.27. The summed E-state index contributed by atoms with van der Waals surface area (Å²) in [6.07, 6.45) is 12.3. The van der Waals surface area contributed by atoms with Gasteiger partial charge < -0.3 is 10.5 Å². The van der Waals surface area contributed by atoms with Crippen LogP contribution >= 0.6 is 11.8 Å². The Balaban J connectivity index is 1.34. The number of hydrogen-bond acceptors (Lipinski definition) is 3. The van der Waals surface area contributed by atoms with Crippen LogP contribution in [0.25, 0.3) is 0 Å². The van der Waals surface area contributed by atoms with E-state index in [0.29, 0.717) is 6.04 Å². The molecule has 5 unspecified atom stereocenters. The number of ether oxygens (including phenoxy) is 1. The monoisotopic (exact) mass is 309 g/mol. The first-order valence-corrected chi connectivity index (χ1v) is 10.4. The quantitative estimate of drug-likeness (QED) is 0.860. The van der Waals surface area contributed by atoms with Crippen LogP contribution < -0.4 is 5.73 Å². The summed E-state index contributed by atoms with van der Waals surface area (Å²) >= 11 is 2.10. The molecular formula is C18H31NOS. The van der Waals surface area contributed by atoms with Crippen LogP contribution in [-0.4, -0.2) is 29.8 Å². The molecule has 21 heavy (non-hydrogen) atoms. The molecule has 2 saturated carbocycles. The minimum atomic E-state index is 0.209. The highest BCUT2D eigenvalue weighted by molar-refractivity contribution is 7.99. The Labute approximate surface area is 133 Å². The summed E-state index contributed by atoms with van der Waals surface area (Å²) in [6.45, 7) is 0.958. The topological polar surface area (TPSA) is 35.2 Å². The summed E-state index contributed by atoms with van der Waals surface area (Å²) in [7, 11) is 0. The van der Waals surface area contributed by atoms with E-state index < -0.39 is 0 Å². The lowest BCUT2D eigenvalue weighted by molar-refractivity contribution is -0.106. The van der Waals surface area contributed by atoms with Crippen LogP contribution in [0.1, 0.15) is 57.8 Å². The molecule has 0 aromatic carbocycles. The van der Waals surface area contributed by atoms with Gasteiger partial charge in [0.2, 0.25) is 0 Å². The summed E-state index contributed by atoms with van der Waals surface area (Å²) < 4.78 is 6.24. The Morgan fingerprint density at radius 3 is 2.71 bits per heavy atom. The van der Waals surface area contributed by atoms with Crippen molar-refractivity contribution in [2.75, 3.05) is 18.1 Å². The number of hydrogen-bond donors (Lipinski definition) is 1. The molecule has 2 nitrogen and oxygen atoms in total. The maximum absolute atomic E-state index is 6.69. The Bertz CT molecular complexity index is 363. The predicted octanol–water partition coefficient (Wildman–Crippen LogP) is 3.83. The molecule has 5 atom stereocenters. The second-order valence-electron chi connectivity index (χ2n) is 8.23. The first-order chi connectivity index (χ1) is 10.2. The van der Waals surface area contributed by atoms with E-state index in [4.69, 9.17) is 10.5 Å². The fourth-order valence-corrected chi connectivity index (χ4v) is 6.97. The highest BCUT2D eigenvalue weighted by Crippen LogP contribution is 2.50. The average Bonchev–Trinajstić information content (AvgIpc) is 3.11. The van der Waals surface area contributed by atoms with Crippen LogP contribution in [0.15, 0.2) is 0 Å². The third-order valence-electron chi connectivity index (χ3n) is 7.00. The van der Waals surface area contributed by atoms with Crippen LogP contribution in [0.5, 0.6) is 0 Å². The highest BCUT2D eigenvalue weighted by atomic mass is 32.2. The Hall–Kier alpha value is 0.270. The van der Waals surface area contributed by atoms with Crippen molar-refractivity contribution in [3.8, 4) is 0 Å². The molecule has 2 heterocycles. The first kappa shape index (κ1) is 14.8. The standard InChI is InChI=1S/C18H31NOS/c19-17(11-16-10-13-1-2-14(16)9-13)15-3-6-20-18(12-15)4-7-21-8-5-18/h13-17H,1-12,19H2. The van der Waals surface area contributed by atoms with Crippen molar-refractivity contribution in [2.45, 2.75) is 69.4 Å². The molecule has 2 aliphatic carbocycles. The van der Waals surface area contributed by atoms with Crippen LogP contribution in [0, 0.1) is 23.7 Å². The number of rotatable bonds is 3. The van der Waals surface area contributed by atoms with Gasteiger partial charge in [-0.3, -0.25) is 0 Å². The lowest BCUT2D eigenvalue weighted by Gasteiger charge is -2.45. The van der Waals surface area contributed by atoms with Crippen molar-refractivity contribution in [1.82, 2.24) is 0 Å². The molecule has 3 heteroatoms. The minimum Gasteiger partial charge on any atom is -0.375 e. The van der Waals surface area contributed by atoms with E-state index in [1.165, 1.54) is 69.3 Å². The van der Waals surface area contributed by atoms with Crippen molar-refractivity contribution in [2.24, 2.45) is 29.4 Å².